The smallest absolute Gasteiger partial charge is 0.141 e. The fraction of sp³-hybridized carbons (Fsp3) is 0.583. The first-order valence-corrected chi connectivity index (χ1v) is 5.83. The van der Waals surface area contributed by atoms with Crippen LogP contribution >= 0.6 is 0 Å². The number of aromatic nitrogens is 1. The molecule has 3 nitrogen and oxygen atoms in total. The van der Waals surface area contributed by atoms with Crippen molar-refractivity contribution in [3.8, 4) is 0 Å². The summed E-state index contributed by atoms with van der Waals surface area (Å²) < 4.78 is 13.1. The van der Waals surface area contributed by atoms with Crippen molar-refractivity contribution < 1.29 is 4.39 Å². The number of anilines is 1. The van der Waals surface area contributed by atoms with Crippen LogP contribution in [-0.2, 0) is 6.54 Å². The van der Waals surface area contributed by atoms with E-state index in [-0.39, 0.29) is 5.82 Å². The Kier molecular flexibility index (Phi) is 3.39. The van der Waals surface area contributed by atoms with Gasteiger partial charge in [0.15, 0.2) is 0 Å². The molecule has 16 heavy (non-hydrogen) atoms. The van der Waals surface area contributed by atoms with E-state index in [9.17, 15) is 4.39 Å². The van der Waals surface area contributed by atoms with Gasteiger partial charge in [0.2, 0.25) is 0 Å². The molecular weight excluding hydrogens is 205 g/mol. The number of rotatable bonds is 2. The van der Waals surface area contributed by atoms with E-state index >= 15 is 0 Å². The summed E-state index contributed by atoms with van der Waals surface area (Å²) in [4.78, 5) is 6.44. The van der Waals surface area contributed by atoms with Crippen LogP contribution in [0.15, 0.2) is 12.3 Å². The SMILES string of the molecule is CC1CCCCN1c1ncc(F)cc1CN. The van der Waals surface area contributed by atoms with Crippen molar-refractivity contribution in [1.29, 1.82) is 0 Å². The van der Waals surface area contributed by atoms with Crippen molar-refractivity contribution in [2.45, 2.75) is 38.8 Å². The van der Waals surface area contributed by atoms with E-state index in [0.717, 1.165) is 17.9 Å². The predicted octanol–water partition coefficient (Wildman–Crippen LogP) is 2.06. The zero-order chi connectivity index (χ0) is 11.5. The van der Waals surface area contributed by atoms with Crippen LogP contribution in [0.25, 0.3) is 0 Å². The van der Waals surface area contributed by atoms with Crippen LogP contribution in [0.2, 0.25) is 0 Å². The van der Waals surface area contributed by atoms with Crippen LogP contribution in [0.5, 0.6) is 0 Å². The molecule has 1 unspecified atom stereocenters. The Morgan fingerprint density at radius 1 is 1.56 bits per heavy atom. The van der Waals surface area contributed by atoms with Crippen molar-refractivity contribution >= 4 is 5.82 Å². The van der Waals surface area contributed by atoms with Crippen LogP contribution in [0.1, 0.15) is 31.7 Å². The van der Waals surface area contributed by atoms with Gasteiger partial charge in [-0.15, -0.1) is 0 Å². The highest BCUT2D eigenvalue weighted by molar-refractivity contribution is 5.48. The molecule has 1 aliphatic rings. The lowest BCUT2D eigenvalue weighted by molar-refractivity contribution is 0.479. The Bertz CT molecular complexity index is 367. The average Bonchev–Trinajstić information content (AvgIpc) is 2.30. The molecule has 1 saturated heterocycles. The maximum absolute atomic E-state index is 13.1. The van der Waals surface area contributed by atoms with Crippen LogP contribution < -0.4 is 10.6 Å². The monoisotopic (exact) mass is 223 g/mol. The molecule has 1 fully saturated rings. The maximum Gasteiger partial charge on any atom is 0.141 e. The van der Waals surface area contributed by atoms with Gasteiger partial charge in [-0.25, -0.2) is 9.37 Å². The Morgan fingerprint density at radius 3 is 3.06 bits per heavy atom. The van der Waals surface area contributed by atoms with Crippen molar-refractivity contribution in [1.82, 2.24) is 4.98 Å². The first-order chi connectivity index (χ1) is 7.72. The third kappa shape index (κ3) is 2.16. The summed E-state index contributed by atoms with van der Waals surface area (Å²) in [6, 6.07) is 1.96. The van der Waals surface area contributed by atoms with Gasteiger partial charge >= 0.3 is 0 Å². The first kappa shape index (κ1) is 11.3. The number of piperidine rings is 1. The summed E-state index contributed by atoms with van der Waals surface area (Å²) >= 11 is 0. The quantitative estimate of drug-likeness (QED) is 0.834. The van der Waals surface area contributed by atoms with Crippen LogP contribution in [0, 0.1) is 5.82 Å². The minimum absolute atomic E-state index is 0.311. The van der Waals surface area contributed by atoms with Gasteiger partial charge < -0.3 is 10.6 Å². The molecule has 0 radical (unpaired) electrons. The molecule has 0 amide bonds. The van der Waals surface area contributed by atoms with Crippen molar-refractivity contribution in [3.63, 3.8) is 0 Å². The molecule has 0 aliphatic carbocycles. The molecular formula is C12H18FN3. The predicted molar refractivity (Wildman–Crippen MR) is 62.7 cm³/mol. The van der Waals surface area contributed by atoms with Gasteiger partial charge in [-0.05, 0) is 32.3 Å². The number of pyridine rings is 1. The molecule has 1 atom stereocenters. The molecule has 2 N–H and O–H groups in total. The molecule has 0 saturated carbocycles. The molecule has 1 aliphatic heterocycles. The Hall–Kier alpha value is -1.16. The van der Waals surface area contributed by atoms with Gasteiger partial charge in [-0.2, -0.15) is 0 Å². The molecule has 4 heteroatoms. The third-order valence-corrected chi connectivity index (χ3v) is 3.20. The number of hydrogen-bond donors (Lipinski definition) is 1. The van der Waals surface area contributed by atoms with E-state index < -0.39 is 0 Å². The van der Waals surface area contributed by atoms with E-state index in [1.54, 1.807) is 0 Å². The molecule has 0 spiro atoms. The lowest BCUT2D eigenvalue weighted by Gasteiger charge is -2.35. The van der Waals surface area contributed by atoms with E-state index in [1.165, 1.54) is 31.5 Å². The van der Waals surface area contributed by atoms with Gasteiger partial charge in [0.25, 0.3) is 0 Å². The van der Waals surface area contributed by atoms with Crippen molar-refractivity contribution in [3.05, 3.63) is 23.6 Å². The fourth-order valence-electron chi connectivity index (χ4n) is 2.30. The summed E-state index contributed by atoms with van der Waals surface area (Å²) in [7, 11) is 0. The molecule has 1 aromatic rings. The summed E-state index contributed by atoms with van der Waals surface area (Å²) in [5.41, 5.74) is 6.44. The molecule has 2 heterocycles. The second-order valence-corrected chi connectivity index (χ2v) is 4.38. The number of halogens is 1. The molecule has 1 aromatic heterocycles. The summed E-state index contributed by atoms with van der Waals surface area (Å²) in [6.45, 7) is 3.51. The minimum Gasteiger partial charge on any atom is -0.354 e. The second-order valence-electron chi connectivity index (χ2n) is 4.38. The standard InChI is InChI=1S/C12H18FN3/c1-9-4-2-3-5-16(9)12-10(7-14)6-11(13)8-15-12/h6,8-9H,2-5,7,14H2,1H3. The van der Waals surface area contributed by atoms with Crippen molar-refractivity contribution in [2.24, 2.45) is 5.73 Å². The summed E-state index contributed by atoms with van der Waals surface area (Å²) in [5.74, 6) is 0.546. The maximum atomic E-state index is 13.1. The Labute approximate surface area is 95.5 Å². The van der Waals surface area contributed by atoms with Gasteiger partial charge in [0.05, 0.1) is 6.20 Å². The van der Waals surface area contributed by atoms with E-state index in [2.05, 4.69) is 16.8 Å². The van der Waals surface area contributed by atoms with Gasteiger partial charge in [-0.3, -0.25) is 0 Å². The Morgan fingerprint density at radius 2 is 2.38 bits per heavy atom. The van der Waals surface area contributed by atoms with E-state index in [4.69, 9.17) is 5.73 Å². The normalized spacial score (nSPS) is 21.2. The highest BCUT2D eigenvalue weighted by atomic mass is 19.1. The third-order valence-electron chi connectivity index (χ3n) is 3.20. The average molecular weight is 223 g/mol. The molecule has 0 bridgehead atoms. The van der Waals surface area contributed by atoms with Crippen LogP contribution in [-0.4, -0.2) is 17.6 Å². The van der Waals surface area contributed by atoms with Crippen LogP contribution in [0.3, 0.4) is 0 Å². The second kappa shape index (κ2) is 4.78. The lowest BCUT2D eigenvalue weighted by Crippen LogP contribution is -2.38. The zero-order valence-electron chi connectivity index (χ0n) is 9.62. The number of hydrogen-bond acceptors (Lipinski definition) is 3. The van der Waals surface area contributed by atoms with Gasteiger partial charge in [-0.1, -0.05) is 0 Å². The van der Waals surface area contributed by atoms with E-state index in [1.807, 2.05) is 0 Å². The fourth-order valence-corrected chi connectivity index (χ4v) is 2.30. The molecule has 2 rings (SSSR count). The minimum atomic E-state index is -0.311. The molecule has 0 aromatic carbocycles. The van der Waals surface area contributed by atoms with Crippen LogP contribution in [0.4, 0.5) is 10.2 Å². The lowest BCUT2D eigenvalue weighted by atomic mass is 10.0. The number of nitrogens with zero attached hydrogens (tertiary/aromatic N) is 2. The summed E-state index contributed by atoms with van der Waals surface area (Å²) in [5, 5.41) is 0. The highest BCUT2D eigenvalue weighted by Gasteiger charge is 2.21. The topological polar surface area (TPSA) is 42.2 Å². The largest absolute Gasteiger partial charge is 0.354 e. The Balaban J connectivity index is 2.30. The van der Waals surface area contributed by atoms with Gasteiger partial charge in [0, 0.05) is 24.7 Å². The zero-order valence-corrected chi connectivity index (χ0v) is 9.62. The van der Waals surface area contributed by atoms with Crippen molar-refractivity contribution in [2.75, 3.05) is 11.4 Å². The molecule has 88 valence electrons. The number of nitrogens with two attached hydrogens (primary N) is 1. The van der Waals surface area contributed by atoms with Gasteiger partial charge in [0.1, 0.15) is 11.6 Å². The van der Waals surface area contributed by atoms with E-state index in [0.29, 0.717) is 12.6 Å². The first-order valence-electron chi connectivity index (χ1n) is 5.83. The summed E-state index contributed by atoms with van der Waals surface area (Å²) in [6.07, 6.45) is 4.88. The highest BCUT2D eigenvalue weighted by Crippen LogP contribution is 2.25.